The Morgan fingerprint density at radius 2 is 2.00 bits per heavy atom. The minimum absolute atomic E-state index is 0.0996. The minimum Gasteiger partial charge on any atom is -0.376 e. The number of hydrogen-bond acceptors (Lipinski definition) is 5. The third-order valence-electron chi connectivity index (χ3n) is 4.42. The van der Waals surface area contributed by atoms with Gasteiger partial charge in [0.2, 0.25) is 0 Å². The zero-order chi connectivity index (χ0) is 19.3. The summed E-state index contributed by atoms with van der Waals surface area (Å²) in [6, 6.07) is 14.2. The molecule has 0 spiro atoms. The lowest BCUT2D eigenvalue weighted by molar-refractivity contribution is 0.102. The van der Waals surface area contributed by atoms with Gasteiger partial charge in [-0.05, 0) is 43.2 Å². The number of nitrogens with zero attached hydrogens (tertiary/aromatic N) is 1. The highest BCUT2D eigenvalue weighted by atomic mass is 32.1. The van der Waals surface area contributed by atoms with Gasteiger partial charge in [-0.25, -0.2) is 9.78 Å². The number of thiazole rings is 1. The van der Waals surface area contributed by atoms with E-state index in [0.29, 0.717) is 28.4 Å². The summed E-state index contributed by atoms with van der Waals surface area (Å²) in [5.74, 6) is -0.202. The molecule has 3 aromatic rings. The van der Waals surface area contributed by atoms with Crippen LogP contribution in [-0.4, -0.2) is 36.2 Å². The molecule has 1 fully saturated rings. The van der Waals surface area contributed by atoms with Gasteiger partial charge in [0.1, 0.15) is 0 Å². The monoisotopic (exact) mass is 396 g/mol. The fourth-order valence-corrected chi connectivity index (χ4v) is 3.85. The Labute approximate surface area is 166 Å². The highest BCUT2D eigenvalue weighted by Crippen LogP contribution is 2.28. The summed E-state index contributed by atoms with van der Waals surface area (Å²) in [6.45, 7) is 1.26. The predicted octanol–water partition coefficient (Wildman–Crippen LogP) is 3.85. The van der Waals surface area contributed by atoms with E-state index in [9.17, 15) is 9.59 Å². The van der Waals surface area contributed by atoms with Crippen molar-refractivity contribution in [1.82, 2.24) is 10.3 Å². The number of anilines is 2. The molecule has 0 bridgehead atoms. The number of fused-ring (bicyclic) bond motifs is 1. The van der Waals surface area contributed by atoms with E-state index in [-0.39, 0.29) is 18.0 Å². The van der Waals surface area contributed by atoms with Gasteiger partial charge in [0.25, 0.3) is 5.91 Å². The lowest BCUT2D eigenvalue weighted by Gasteiger charge is -2.11. The van der Waals surface area contributed by atoms with Crippen molar-refractivity contribution in [2.75, 3.05) is 23.8 Å². The summed E-state index contributed by atoms with van der Waals surface area (Å²) in [5, 5.41) is 8.96. The first-order chi connectivity index (χ1) is 13.7. The maximum atomic E-state index is 12.3. The topological polar surface area (TPSA) is 92.4 Å². The zero-order valence-corrected chi connectivity index (χ0v) is 15.9. The first-order valence-corrected chi connectivity index (χ1v) is 9.92. The number of carbonyl (C=O) groups is 2. The number of ether oxygens (including phenoxy) is 1. The molecule has 3 N–H and O–H groups in total. The van der Waals surface area contributed by atoms with Crippen molar-refractivity contribution in [2.45, 2.75) is 18.9 Å². The fraction of sp³-hybridized carbons (Fsp3) is 0.250. The van der Waals surface area contributed by atoms with Gasteiger partial charge in [0, 0.05) is 24.4 Å². The van der Waals surface area contributed by atoms with Crippen LogP contribution in [-0.2, 0) is 4.74 Å². The van der Waals surface area contributed by atoms with Gasteiger partial charge in [-0.2, -0.15) is 0 Å². The Bertz CT molecular complexity index is 984. The van der Waals surface area contributed by atoms with Gasteiger partial charge in [0.05, 0.1) is 16.3 Å². The van der Waals surface area contributed by atoms with Gasteiger partial charge in [-0.3, -0.25) is 10.1 Å². The van der Waals surface area contributed by atoms with E-state index in [1.54, 1.807) is 18.2 Å². The molecule has 1 unspecified atom stereocenters. The van der Waals surface area contributed by atoms with Crippen LogP contribution in [0.25, 0.3) is 10.2 Å². The fourth-order valence-electron chi connectivity index (χ4n) is 3.00. The number of rotatable bonds is 5. The number of benzene rings is 2. The van der Waals surface area contributed by atoms with E-state index in [4.69, 9.17) is 4.74 Å². The Hall–Kier alpha value is -2.97. The molecule has 1 atom stereocenters. The van der Waals surface area contributed by atoms with E-state index in [2.05, 4.69) is 20.9 Å². The lowest BCUT2D eigenvalue weighted by Crippen LogP contribution is -2.34. The molecule has 1 aliphatic heterocycles. The van der Waals surface area contributed by atoms with Gasteiger partial charge in [-0.15, -0.1) is 0 Å². The van der Waals surface area contributed by atoms with Crippen molar-refractivity contribution < 1.29 is 14.3 Å². The minimum atomic E-state index is -0.275. The number of amides is 3. The molecule has 0 radical (unpaired) electrons. The molecule has 144 valence electrons. The Morgan fingerprint density at radius 1 is 1.14 bits per heavy atom. The first kappa shape index (κ1) is 18.4. The lowest BCUT2D eigenvalue weighted by atomic mass is 10.2. The van der Waals surface area contributed by atoms with Crippen molar-refractivity contribution >= 4 is 44.3 Å². The number of aromatic nitrogens is 1. The highest BCUT2D eigenvalue weighted by molar-refractivity contribution is 7.22. The van der Waals surface area contributed by atoms with Crippen LogP contribution in [0, 0.1) is 0 Å². The van der Waals surface area contributed by atoms with Gasteiger partial charge < -0.3 is 15.4 Å². The zero-order valence-electron chi connectivity index (χ0n) is 15.1. The molecule has 3 amide bonds. The van der Waals surface area contributed by atoms with Crippen LogP contribution in [0.1, 0.15) is 23.2 Å². The molecule has 8 heteroatoms. The quantitative estimate of drug-likeness (QED) is 0.611. The third kappa shape index (κ3) is 4.47. The predicted molar refractivity (Wildman–Crippen MR) is 110 cm³/mol. The maximum Gasteiger partial charge on any atom is 0.319 e. The summed E-state index contributed by atoms with van der Waals surface area (Å²) in [6.07, 6.45) is 2.11. The summed E-state index contributed by atoms with van der Waals surface area (Å²) in [5.41, 5.74) is 1.93. The van der Waals surface area contributed by atoms with E-state index < -0.39 is 0 Å². The first-order valence-electron chi connectivity index (χ1n) is 9.11. The number of hydrogen-bond donors (Lipinski definition) is 3. The van der Waals surface area contributed by atoms with Crippen LogP contribution in [0.2, 0.25) is 0 Å². The average molecular weight is 396 g/mol. The van der Waals surface area contributed by atoms with Crippen LogP contribution in [0.15, 0.2) is 48.5 Å². The molecule has 1 saturated heterocycles. The Morgan fingerprint density at radius 3 is 2.79 bits per heavy atom. The Kier molecular flexibility index (Phi) is 5.50. The molecule has 4 rings (SSSR count). The van der Waals surface area contributed by atoms with E-state index >= 15 is 0 Å². The number of nitrogens with one attached hydrogen (secondary N) is 3. The van der Waals surface area contributed by atoms with E-state index in [0.717, 1.165) is 24.1 Å². The summed E-state index contributed by atoms with van der Waals surface area (Å²) in [4.78, 5) is 28.8. The molecule has 0 aliphatic carbocycles. The molecule has 1 aliphatic rings. The van der Waals surface area contributed by atoms with Gasteiger partial charge >= 0.3 is 6.03 Å². The highest BCUT2D eigenvalue weighted by Gasteiger charge is 2.16. The second-order valence-electron chi connectivity index (χ2n) is 6.49. The molecule has 1 aromatic heterocycles. The average Bonchev–Trinajstić information content (AvgIpc) is 3.36. The van der Waals surface area contributed by atoms with E-state index in [1.165, 1.54) is 11.3 Å². The van der Waals surface area contributed by atoms with Crippen molar-refractivity contribution in [2.24, 2.45) is 0 Å². The molecular formula is C20H20N4O3S. The molecule has 28 heavy (non-hydrogen) atoms. The third-order valence-corrected chi connectivity index (χ3v) is 5.37. The number of urea groups is 1. The van der Waals surface area contributed by atoms with Gasteiger partial charge in [0.15, 0.2) is 5.13 Å². The van der Waals surface area contributed by atoms with Crippen molar-refractivity contribution in [1.29, 1.82) is 0 Å². The SMILES string of the molecule is O=C(NCC1CCCO1)Nc1ccc2sc(NC(=O)c3ccccc3)nc2c1. The standard InChI is InChI=1S/C20H20N4O3S/c25-18(13-5-2-1-3-6-13)24-20-23-16-11-14(8-9-17(16)28-20)22-19(26)21-12-15-7-4-10-27-15/h1-3,5-6,8-9,11,15H,4,7,10,12H2,(H2,21,22,26)(H,23,24,25). The van der Waals surface area contributed by atoms with Crippen molar-refractivity contribution in [3.63, 3.8) is 0 Å². The van der Waals surface area contributed by atoms with Crippen molar-refractivity contribution in [3.8, 4) is 0 Å². The number of carbonyl (C=O) groups excluding carboxylic acids is 2. The van der Waals surface area contributed by atoms with Crippen LogP contribution in [0.3, 0.4) is 0 Å². The van der Waals surface area contributed by atoms with Crippen LogP contribution < -0.4 is 16.0 Å². The van der Waals surface area contributed by atoms with Crippen molar-refractivity contribution in [3.05, 3.63) is 54.1 Å². The maximum absolute atomic E-state index is 12.3. The van der Waals surface area contributed by atoms with Crippen LogP contribution >= 0.6 is 11.3 Å². The molecule has 7 nitrogen and oxygen atoms in total. The molecular weight excluding hydrogens is 376 g/mol. The van der Waals surface area contributed by atoms with Crippen LogP contribution in [0.4, 0.5) is 15.6 Å². The van der Waals surface area contributed by atoms with Crippen LogP contribution in [0.5, 0.6) is 0 Å². The second-order valence-corrected chi connectivity index (χ2v) is 7.52. The Balaban J connectivity index is 1.38. The normalized spacial score (nSPS) is 16.1. The molecule has 0 saturated carbocycles. The summed E-state index contributed by atoms with van der Waals surface area (Å²) in [7, 11) is 0. The second kappa shape index (κ2) is 8.37. The largest absolute Gasteiger partial charge is 0.376 e. The molecule has 2 heterocycles. The summed E-state index contributed by atoms with van der Waals surface area (Å²) < 4.78 is 6.42. The van der Waals surface area contributed by atoms with Gasteiger partial charge in [-0.1, -0.05) is 29.5 Å². The smallest absolute Gasteiger partial charge is 0.319 e. The summed E-state index contributed by atoms with van der Waals surface area (Å²) >= 11 is 1.39. The molecule has 2 aromatic carbocycles. The van der Waals surface area contributed by atoms with E-state index in [1.807, 2.05) is 30.3 Å².